The van der Waals surface area contributed by atoms with Crippen molar-refractivity contribution < 1.29 is 14.3 Å². The van der Waals surface area contributed by atoms with Crippen LogP contribution in [0, 0.1) is 11.8 Å². The molecule has 0 N–H and O–H groups in total. The van der Waals surface area contributed by atoms with Crippen molar-refractivity contribution in [1.29, 1.82) is 0 Å². The summed E-state index contributed by atoms with van der Waals surface area (Å²) in [5.41, 5.74) is 1.14. The van der Waals surface area contributed by atoms with Crippen molar-refractivity contribution in [3.8, 4) is 5.75 Å². The summed E-state index contributed by atoms with van der Waals surface area (Å²) >= 11 is 0. The summed E-state index contributed by atoms with van der Waals surface area (Å²) in [6, 6.07) is 8.61. The van der Waals surface area contributed by atoms with Crippen LogP contribution in [0.2, 0.25) is 0 Å². The van der Waals surface area contributed by atoms with Gasteiger partial charge in [-0.3, -0.25) is 14.5 Å². The highest BCUT2D eigenvalue weighted by atomic mass is 16.5. The lowest BCUT2D eigenvalue weighted by molar-refractivity contribution is -0.136. The minimum Gasteiger partial charge on any atom is -0.489 e. The Morgan fingerprint density at radius 1 is 1.06 bits per heavy atom. The first-order valence-corrected chi connectivity index (χ1v) is 13.8. The Labute approximate surface area is 217 Å². The first kappa shape index (κ1) is 26.7. The van der Waals surface area contributed by atoms with Crippen molar-refractivity contribution in [2.24, 2.45) is 11.8 Å². The summed E-state index contributed by atoms with van der Waals surface area (Å²) in [6.45, 7) is 10.7. The Kier molecular flexibility index (Phi) is 9.43. The van der Waals surface area contributed by atoms with Crippen LogP contribution in [0.4, 0.5) is 0 Å². The van der Waals surface area contributed by atoms with Crippen molar-refractivity contribution in [3.05, 3.63) is 42.0 Å². The summed E-state index contributed by atoms with van der Waals surface area (Å²) in [6.07, 6.45) is 7.83. The van der Waals surface area contributed by atoms with Crippen LogP contribution in [-0.4, -0.2) is 96.9 Å². The van der Waals surface area contributed by atoms with Crippen molar-refractivity contribution in [2.75, 3.05) is 59.5 Å². The lowest BCUT2D eigenvalue weighted by Crippen LogP contribution is -2.51. The topological polar surface area (TPSA) is 56.3 Å². The maximum absolute atomic E-state index is 13.6. The van der Waals surface area contributed by atoms with Crippen LogP contribution in [0.3, 0.4) is 0 Å². The van der Waals surface area contributed by atoms with Crippen LogP contribution in [0.15, 0.2) is 36.4 Å². The molecule has 7 heteroatoms. The van der Waals surface area contributed by atoms with Crippen LogP contribution in [0.25, 0.3) is 0 Å². The Morgan fingerprint density at radius 3 is 2.56 bits per heavy atom. The fourth-order valence-corrected chi connectivity index (χ4v) is 5.97. The molecule has 1 aromatic rings. The highest BCUT2D eigenvalue weighted by molar-refractivity contribution is 5.79. The molecule has 2 fully saturated rings. The number of hydrogen-bond donors (Lipinski definition) is 0. The predicted molar refractivity (Wildman–Crippen MR) is 143 cm³/mol. The second-order valence-electron chi connectivity index (χ2n) is 10.6. The number of carbonyl (C=O) groups excluding carboxylic acids is 2. The molecule has 1 aromatic carbocycles. The van der Waals surface area contributed by atoms with Gasteiger partial charge in [0, 0.05) is 50.7 Å². The number of piperidine rings is 2. The molecule has 3 aliphatic rings. The fraction of sp³-hybridized carbons (Fsp3) is 0.655. The number of para-hydroxylation sites is 1. The molecular weight excluding hydrogens is 452 g/mol. The summed E-state index contributed by atoms with van der Waals surface area (Å²) < 4.78 is 6.21. The van der Waals surface area contributed by atoms with Crippen molar-refractivity contribution in [1.82, 2.24) is 19.6 Å². The van der Waals surface area contributed by atoms with Gasteiger partial charge in [0.05, 0.1) is 6.54 Å². The predicted octanol–water partition coefficient (Wildman–Crippen LogP) is 3.25. The minimum absolute atomic E-state index is 0.165. The quantitative estimate of drug-likeness (QED) is 0.586. The molecule has 2 atom stereocenters. The van der Waals surface area contributed by atoms with E-state index in [9.17, 15) is 9.59 Å². The smallest absolute Gasteiger partial charge is 0.236 e. The molecular formula is C29H44N4O3. The molecule has 0 saturated carbocycles. The lowest BCUT2D eigenvalue weighted by atomic mass is 9.82. The molecule has 0 aliphatic carbocycles. The van der Waals surface area contributed by atoms with Crippen molar-refractivity contribution in [2.45, 2.75) is 52.1 Å². The second-order valence-corrected chi connectivity index (χ2v) is 10.6. The van der Waals surface area contributed by atoms with Crippen LogP contribution in [-0.2, 0) is 16.1 Å². The average Bonchev–Trinajstić information content (AvgIpc) is 2.89. The molecule has 2 amide bonds. The van der Waals surface area contributed by atoms with Gasteiger partial charge in [-0.2, -0.15) is 0 Å². The number of benzene rings is 1. The number of ether oxygens (including phenoxy) is 1. The van der Waals surface area contributed by atoms with Crippen LogP contribution in [0.5, 0.6) is 5.75 Å². The molecule has 36 heavy (non-hydrogen) atoms. The molecule has 4 rings (SSSR count). The third-order valence-corrected chi connectivity index (χ3v) is 8.32. The van der Waals surface area contributed by atoms with Gasteiger partial charge in [0.25, 0.3) is 0 Å². The van der Waals surface area contributed by atoms with Crippen LogP contribution >= 0.6 is 0 Å². The first-order chi connectivity index (χ1) is 17.5. The zero-order chi connectivity index (χ0) is 25.5. The molecule has 7 nitrogen and oxygen atoms in total. The van der Waals surface area contributed by atoms with E-state index < -0.39 is 0 Å². The Bertz CT molecular complexity index is 908. The second kappa shape index (κ2) is 12.7. The maximum Gasteiger partial charge on any atom is 0.236 e. The van der Waals surface area contributed by atoms with E-state index in [4.69, 9.17) is 4.74 Å². The van der Waals surface area contributed by atoms with Gasteiger partial charge >= 0.3 is 0 Å². The number of nitrogens with zero attached hydrogens (tertiary/aromatic N) is 4. The van der Waals surface area contributed by atoms with E-state index in [1.165, 1.54) is 0 Å². The van der Waals surface area contributed by atoms with Crippen LogP contribution < -0.4 is 4.74 Å². The number of carbonyl (C=O) groups is 2. The van der Waals surface area contributed by atoms with Gasteiger partial charge in [-0.15, -0.1) is 0 Å². The number of amides is 2. The largest absolute Gasteiger partial charge is 0.489 e. The van der Waals surface area contributed by atoms with E-state index in [1.807, 2.05) is 35.8 Å². The van der Waals surface area contributed by atoms with Gasteiger partial charge in [-0.25, -0.2) is 0 Å². The third-order valence-electron chi connectivity index (χ3n) is 8.32. The standard InChI is InChI=1S/C29H44N4O3/c1-4-31(5-2)28(34)19-23-12-17-32-20-24(23)10-8-18-36-27-11-7-6-9-25(27)21-33(22-29(32)35)26-13-15-30(3)16-14-26/h6-11,23-24,26H,4-5,12-22H2,1-3H3/b10-8+/t23-,24-/m0/s1. The normalized spacial score (nSPS) is 25.6. The van der Waals surface area contributed by atoms with Gasteiger partial charge in [0.1, 0.15) is 12.4 Å². The summed E-state index contributed by atoms with van der Waals surface area (Å²) in [5.74, 6) is 1.74. The fourth-order valence-electron chi connectivity index (χ4n) is 5.97. The van der Waals surface area contributed by atoms with E-state index in [0.29, 0.717) is 32.2 Å². The highest BCUT2D eigenvalue weighted by Crippen LogP contribution is 2.30. The highest BCUT2D eigenvalue weighted by Gasteiger charge is 2.34. The Balaban J connectivity index is 1.55. The molecule has 198 valence electrons. The van der Waals surface area contributed by atoms with Gasteiger partial charge in [-0.1, -0.05) is 30.4 Å². The van der Waals surface area contributed by atoms with E-state index >= 15 is 0 Å². The molecule has 0 unspecified atom stereocenters. The van der Waals surface area contributed by atoms with Gasteiger partial charge in [0.15, 0.2) is 0 Å². The maximum atomic E-state index is 13.6. The zero-order valence-corrected chi connectivity index (χ0v) is 22.4. The van der Waals surface area contributed by atoms with E-state index in [1.54, 1.807) is 0 Å². The summed E-state index contributed by atoms with van der Waals surface area (Å²) in [4.78, 5) is 35.2. The number of rotatable bonds is 5. The van der Waals surface area contributed by atoms with Gasteiger partial charge < -0.3 is 19.4 Å². The Morgan fingerprint density at radius 2 is 1.81 bits per heavy atom. The molecule has 3 aliphatic heterocycles. The average molecular weight is 497 g/mol. The summed E-state index contributed by atoms with van der Waals surface area (Å²) in [5, 5.41) is 0. The molecule has 2 bridgehead atoms. The summed E-state index contributed by atoms with van der Waals surface area (Å²) in [7, 11) is 2.17. The number of hydrogen-bond acceptors (Lipinski definition) is 5. The van der Waals surface area contributed by atoms with Crippen molar-refractivity contribution >= 4 is 11.8 Å². The molecule has 2 saturated heterocycles. The van der Waals surface area contributed by atoms with Gasteiger partial charge in [0.2, 0.25) is 11.8 Å². The minimum atomic E-state index is 0.165. The molecule has 3 heterocycles. The Hall–Kier alpha value is -2.38. The SMILES string of the molecule is CCN(CC)C(=O)C[C@@H]1CCN2C[C@@H]1/C=C/COc1ccccc1CN(C1CCN(C)CC1)CC2=O. The molecule has 0 aromatic heterocycles. The first-order valence-electron chi connectivity index (χ1n) is 13.8. The molecule has 0 spiro atoms. The van der Waals surface area contributed by atoms with Crippen molar-refractivity contribution in [3.63, 3.8) is 0 Å². The monoisotopic (exact) mass is 496 g/mol. The van der Waals surface area contributed by atoms with Gasteiger partial charge in [-0.05, 0) is 71.1 Å². The third kappa shape index (κ3) is 6.68. The molecule has 0 radical (unpaired) electrons. The lowest BCUT2D eigenvalue weighted by Gasteiger charge is -2.41. The zero-order valence-electron chi connectivity index (χ0n) is 22.4. The van der Waals surface area contributed by atoms with E-state index in [2.05, 4.69) is 41.1 Å². The van der Waals surface area contributed by atoms with E-state index in [0.717, 1.165) is 69.8 Å². The van der Waals surface area contributed by atoms with E-state index in [-0.39, 0.29) is 23.7 Å². The number of likely N-dealkylation sites (tertiary alicyclic amines) is 1. The van der Waals surface area contributed by atoms with Crippen LogP contribution in [0.1, 0.15) is 45.1 Å². The number of fused-ring (bicyclic) bond motifs is 3.